The van der Waals surface area contributed by atoms with Crippen LogP contribution in [0.25, 0.3) is 0 Å². The Hall–Kier alpha value is -0.610. The van der Waals surface area contributed by atoms with Gasteiger partial charge in [0.25, 0.3) is 10.1 Å². The lowest BCUT2D eigenvalue weighted by Crippen LogP contribution is -1.96. The van der Waals surface area contributed by atoms with E-state index in [2.05, 4.69) is 4.52 Å². The molecule has 0 atom stereocenters. The van der Waals surface area contributed by atoms with Crippen molar-refractivity contribution in [3.8, 4) is 0 Å². The van der Waals surface area contributed by atoms with E-state index in [4.69, 9.17) is 24.1 Å². The second-order valence-corrected chi connectivity index (χ2v) is 8.30. The molecule has 1 aromatic carbocycles. The molecule has 1 rings (SSSR count). The van der Waals surface area contributed by atoms with Crippen molar-refractivity contribution in [2.75, 3.05) is 12.8 Å². The predicted molar refractivity (Wildman–Crippen MR) is 82.5 cm³/mol. The number of hydrogen-bond donors (Lipinski definition) is 5. The summed E-state index contributed by atoms with van der Waals surface area (Å²) in [6, 6.07) is 7.42. The van der Waals surface area contributed by atoms with Gasteiger partial charge in [0.1, 0.15) is 0 Å². The average molecular weight is 394 g/mol. The first-order valence-corrected chi connectivity index (χ1v) is 10.8. The Morgan fingerprint density at radius 2 is 1.39 bits per heavy atom. The van der Waals surface area contributed by atoms with Crippen LogP contribution in [0.15, 0.2) is 35.2 Å². The first kappa shape index (κ1) is 24.6. The van der Waals surface area contributed by atoms with Gasteiger partial charge in [0.2, 0.25) is 0 Å². The minimum absolute atomic E-state index is 0.0459. The number of phosphoric ester groups is 1. The molecule has 0 aliphatic rings. The summed E-state index contributed by atoms with van der Waals surface area (Å²) >= 11 is 0. The zero-order valence-electron chi connectivity index (χ0n) is 12.4. The molecule has 0 amide bonds. The van der Waals surface area contributed by atoms with Gasteiger partial charge in [0, 0.05) is 6.16 Å². The van der Waals surface area contributed by atoms with Gasteiger partial charge in [-0.25, -0.2) is 4.57 Å². The first-order chi connectivity index (χ1) is 10.2. The Kier molecular flexibility index (Phi) is 11.8. The predicted octanol–water partition coefficient (Wildman–Crippen LogP) is 1.23. The average Bonchev–Trinajstić information content (AvgIpc) is 2.38. The molecule has 0 unspecified atom stereocenters. The molecule has 23 heavy (non-hydrogen) atoms. The monoisotopic (exact) mass is 394 g/mol. The molecule has 1 aromatic rings. The van der Waals surface area contributed by atoms with Crippen LogP contribution in [-0.4, -0.2) is 45.3 Å². The molecule has 0 heterocycles. The van der Waals surface area contributed by atoms with Crippen molar-refractivity contribution in [3.63, 3.8) is 0 Å². The van der Waals surface area contributed by atoms with E-state index in [1.807, 2.05) is 0 Å². The lowest BCUT2D eigenvalue weighted by molar-refractivity contribution is 0.206. The second kappa shape index (κ2) is 11.0. The van der Waals surface area contributed by atoms with Crippen LogP contribution in [0.4, 0.5) is 0 Å². The van der Waals surface area contributed by atoms with E-state index < -0.39 is 25.5 Å². The Balaban J connectivity index is 0. The molecule has 136 valence electrons. The van der Waals surface area contributed by atoms with E-state index in [9.17, 15) is 17.5 Å². The van der Waals surface area contributed by atoms with Crippen LogP contribution in [0, 0.1) is 0 Å². The third-order valence-electron chi connectivity index (χ3n) is 1.75. The van der Waals surface area contributed by atoms with E-state index in [-0.39, 0.29) is 17.7 Å². The fourth-order valence-electron chi connectivity index (χ4n) is 0.761. The zero-order valence-corrected chi connectivity index (χ0v) is 15.0. The van der Waals surface area contributed by atoms with Gasteiger partial charge in [-0.1, -0.05) is 25.1 Å². The van der Waals surface area contributed by atoms with Gasteiger partial charge in [-0.05, 0) is 19.1 Å². The van der Waals surface area contributed by atoms with E-state index >= 15 is 0 Å². The van der Waals surface area contributed by atoms with Gasteiger partial charge in [-0.3, -0.25) is 13.6 Å². The van der Waals surface area contributed by atoms with Crippen LogP contribution < -0.4 is 0 Å². The number of rotatable bonds is 4. The number of hydrogen-bond acceptors (Lipinski definition) is 5. The van der Waals surface area contributed by atoms with Gasteiger partial charge in [-0.15, -0.1) is 0 Å². The van der Waals surface area contributed by atoms with Gasteiger partial charge in [0.05, 0.1) is 11.5 Å². The van der Waals surface area contributed by atoms with Crippen LogP contribution in [0.3, 0.4) is 0 Å². The van der Waals surface area contributed by atoms with Crippen LogP contribution in [0.1, 0.15) is 13.8 Å². The third-order valence-corrected chi connectivity index (χ3v) is 4.04. The highest BCUT2D eigenvalue weighted by Crippen LogP contribution is 2.35. The standard InChI is InChI=1S/C6H6O3S.C2H7O4P.C2H7O3P/c7-10(8,9)6-4-2-1-3-5-6;1-2-6-7(3,4)5;1-2-6(3,4)5/h1-5H,(H,7,8,9);2H2,1H3,(H2,3,4,5);2H2,1H3,(H2,3,4,5). The maximum Gasteiger partial charge on any atom is 0.469 e. The van der Waals surface area contributed by atoms with Crippen molar-refractivity contribution in [3.05, 3.63) is 30.3 Å². The quantitative estimate of drug-likeness (QED) is 0.368. The molecule has 0 aliphatic carbocycles. The molecular formula is C10H20O10P2S. The molecule has 0 saturated carbocycles. The van der Waals surface area contributed by atoms with Gasteiger partial charge in [0.15, 0.2) is 0 Å². The largest absolute Gasteiger partial charge is 0.469 e. The Morgan fingerprint density at radius 3 is 1.52 bits per heavy atom. The molecule has 0 aromatic heterocycles. The highest BCUT2D eigenvalue weighted by atomic mass is 32.2. The van der Waals surface area contributed by atoms with Gasteiger partial charge in [-0.2, -0.15) is 8.42 Å². The fraction of sp³-hybridized carbons (Fsp3) is 0.400. The smallest absolute Gasteiger partial charge is 0.324 e. The minimum Gasteiger partial charge on any atom is -0.324 e. The van der Waals surface area contributed by atoms with Crippen molar-refractivity contribution in [2.45, 2.75) is 18.7 Å². The van der Waals surface area contributed by atoms with E-state index in [1.54, 1.807) is 18.2 Å². The summed E-state index contributed by atoms with van der Waals surface area (Å²) in [5.41, 5.74) is 0. The highest BCUT2D eigenvalue weighted by molar-refractivity contribution is 7.85. The first-order valence-electron chi connectivity index (χ1n) is 6.00. The molecule has 13 heteroatoms. The zero-order chi connectivity index (χ0) is 18.7. The molecule has 0 fully saturated rings. The van der Waals surface area contributed by atoms with Crippen LogP contribution in [-0.2, 0) is 23.8 Å². The minimum atomic E-state index is -4.17. The lowest BCUT2D eigenvalue weighted by atomic mass is 10.4. The summed E-state index contributed by atoms with van der Waals surface area (Å²) in [5.74, 6) is 0. The van der Waals surface area contributed by atoms with Gasteiger partial charge >= 0.3 is 15.4 Å². The molecule has 0 radical (unpaired) electrons. The Labute approximate surface area is 134 Å². The topological polar surface area (TPSA) is 179 Å². The van der Waals surface area contributed by atoms with E-state index in [1.165, 1.54) is 26.0 Å². The maximum atomic E-state index is 10.4. The van der Waals surface area contributed by atoms with E-state index in [0.29, 0.717) is 0 Å². The SMILES string of the molecule is CCOP(=O)(O)O.CCP(=O)(O)O.O=S(=O)(O)c1ccccc1. The maximum absolute atomic E-state index is 10.4. The van der Waals surface area contributed by atoms with Crippen molar-refractivity contribution in [2.24, 2.45) is 0 Å². The normalized spacial score (nSPS) is 11.6. The summed E-state index contributed by atoms with van der Waals surface area (Å²) < 4.78 is 52.5. The molecule has 0 spiro atoms. The molecule has 0 aliphatic heterocycles. The van der Waals surface area contributed by atoms with Crippen molar-refractivity contribution in [1.82, 2.24) is 0 Å². The van der Waals surface area contributed by atoms with E-state index in [0.717, 1.165) is 0 Å². The van der Waals surface area contributed by atoms with Crippen LogP contribution in [0.2, 0.25) is 0 Å². The molecular weight excluding hydrogens is 374 g/mol. The summed E-state index contributed by atoms with van der Waals surface area (Å²) in [4.78, 5) is 31.6. The summed E-state index contributed by atoms with van der Waals surface area (Å²) in [7, 11) is -11.8. The number of phosphoric acid groups is 1. The Morgan fingerprint density at radius 1 is 1.00 bits per heavy atom. The fourth-order valence-corrected chi connectivity index (χ4v) is 1.60. The summed E-state index contributed by atoms with van der Waals surface area (Å²) in [6.45, 7) is 3.00. The molecule has 10 nitrogen and oxygen atoms in total. The van der Waals surface area contributed by atoms with Crippen molar-refractivity contribution >= 4 is 25.5 Å². The molecule has 5 N–H and O–H groups in total. The van der Waals surface area contributed by atoms with Crippen LogP contribution >= 0.6 is 15.4 Å². The second-order valence-electron chi connectivity index (χ2n) is 3.68. The van der Waals surface area contributed by atoms with Crippen molar-refractivity contribution < 1.29 is 46.2 Å². The summed E-state index contributed by atoms with van der Waals surface area (Å²) in [5, 5.41) is 0. The van der Waals surface area contributed by atoms with Crippen molar-refractivity contribution in [1.29, 1.82) is 0 Å². The lowest BCUT2D eigenvalue weighted by Gasteiger charge is -1.98. The third kappa shape index (κ3) is 19.3. The summed E-state index contributed by atoms with van der Waals surface area (Å²) in [6.07, 6.45) is -0.0625. The highest BCUT2D eigenvalue weighted by Gasteiger charge is 2.10. The Bertz CT molecular complexity index is 618. The van der Waals surface area contributed by atoms with Crippen LogP contribution in [0.5, 0.6) is 0 Å². The van der Waals surface area contributed by atoms with Gasteiger partial charge < -0.3 is 19.6 Å². The molecule has 0 saturated heterocycles. The molecule has 0 bridgehead atoms. The number of benzene rings is 1.